The summed E-state index contributed by atoms with van der Waals surface area (Å²) >= 11 is 1.56. The summed E-state index contributed by atoms with van der Waals surface area (Å²) in [5.41, 5.74) is 8.17. The fraction of sp³-hybridized carbons (Fsp3) is 0.429. The van der Waals surface area contributed by atoms with E-state index in [-0.39, 0.29) is 10.9 Å². The predicted molar refractivity (Wildman–Crippen MR) is 80.0 cm³/mol. The number of thioether (sulfide) groups is 1. The van der Waals surface area contributed by atoms with Crippen molar-refractivity contribution in [3.63, 3.8) is 0 Å². The van der Waals surface area contributed by atoms with E-state index in [0.717, 1.165) is 18.0 Å². The van der Waals surface area contributed by atoms with Crippen molar-refractivity contribution >= 4 is 11.8 Å². The molecule has 1 unspecified atom stereocenters. The van der Waals surface area contributed by atoms with Crippen LogP contribution in [0.4, 0.5) is 0 Å². The Kier molecular flexibility index (Phi) is 3.67. The van der Waals surface area contributed by atoms with Crippen LogP contribution >= 0.6 is 11.8 Å². The zero-order valence-corrected chi connectivity index (χ0v) is 12.2. The van der Waals surface area contributed by atoms with Gasteiger partial charge in [-0.3, -0.25) is 4.57 Å². The predicted octanol–water partition coefficient (Wildman–Crippen LogP) is 2.01. The maximum Gasteiger partial charge on any atom is 0.344 e. The fourth-order valence-electron chi connectivity index (χ4n) is 2.19. The lowest BCUT2D eigenvalue weighted by Crippen LogP contribution is -2.17. The van der Waals surface area contributed by atoms with Gasteiger partial charge in [-0.1, -0.05) is 41.6 Å². The molecule has 6 heteroatoms. The number of nitrogens with one attached hydrogen (secondary N) is 1. The molecule has 106 valence electrons. The molecule has 0 saturated heterocycles. The summed E-state index contributed by atoms with van der Waals surface area (Å²) in [5.74, 6) is 0. The third-order valence-corrected chi connectivity index (χ3v) is 4.74. The van der Waals surface area contributed by atoms with Crippen molar-refractivity contribution in [2.45, 2.75) is 36.2 Å². The third-order valence-electron chi connectivity index (χ3n) is 3.49. The van der Waals surface area contributed by atoms with Crippen molar-refractivity contribution in [2.75, 3.05) is 6.54 Å². The van der Waals surface area contributed by atoms with E-state index >= 15 is 0 Å². The SMILES string of the molecule is Cc1ccc(C(CN)Sc2n[nH]c(=O)n2C2CC2)cc1. The minimum Gasteiger partial charge on any atom is -0.329 e. The van der Waals surface area contributed by atoms with E-state index in [1.165, 1.54) is 11.1 Å². The van der Waals surface area contributed by atoms with Crippen molar-refractivity contribution in [1.82, 2.24) is 14.8 Å². The molecular formula is C14H18N4OS. The lowest BCUT2D eigenvalue weighted by atomic mass is 10.1. The van der Waals surface area contributed by atoms with Gasteiger partial charge in [0.2, 0.25) is 0 Å². The summed E-state index contributed by atoms with van der Waals surface area (Å²) < 4.78 is 1.77. The second-order valence-electron chi connectivity index (χ2n) is 5.17. The highest BCUT2D eigenvalue weighted by Gasteiger charge is 2.29. The maximum absolute atomic E-state index is 11.8. The van der Waals surface area contributed by atoms with Crippen molar-refractivity contribution in [1.29, 1.82) is 0 Å². The van der Waals surface area contributed by atoms with Crippen LogP contribution in [0.2, 0.25) is 0 Å². The van der Waals surface area contributed by atoms with Crippen molar-refractivity contribution in [3.05, 3.63) is 45.9 Å². The molecule has 0 radical (unpaired) electrons. The molecule has 20 heavy (non-hydrogen) atoms. The molecule has 5 nitrogen and oxygen atoms in total. The number of aromatic amines is 1. The first-order chi connectivity index (χ1) is 9.69. The highest BCUT2D eigenvalue weighted by Crippen LogP contribution is 2.39. The Morgan fingerprint density at radius 3 is 2.75 bits per heavy atom. The number of nitrogens with two attached hydrogens (primary N) is 1. The monoisotopic (exact) mass is 290 g/mol. The zero-order chi connectivity index (χ0) is 14.1. The Labute approximate surface area is 121 Å². The highest BCUT2D eigenvalue weighted by molar-refractivity contribution is 7.99. The van der Waals surface area contributed by atoms with Crippen LogP contribution in [0, 0.1) is 6.92 Å². The molecule has 3 N–H and O–H groups in total. The van der Waals surface area contributed by atoms with E-state index in [9.17, 15) is 4.79 Å². The molecule has 1 saturated carbocycles. The molecule has 1 aliphatic rings. The van der Waals surface area contributed by atoms with E-state index in [0.29, 0.717) is 12.6 Å². The van der Waals surface area contributed by atoms with Gasteiger partial charge in [-0.05, 0) is 25.3 Å². The molecule has 3 rings (SSSR count). The minimum atomic E-state index is -0.116. The normalized spacial score (nSPS) is 16.3. The number of hydrogen-bond donors (Lipinski definition) is 2. The van der Waals surface area contributed by atoms with Gasteiger partial charge in [0.25, 0.3) is 0 Å². The Balaban J connectivity index is 1.84. The molecule has 1 fully saturated rings. The van der Waals surface area contributed by atoms with E-state index in [1.54, 1.807) is 16.3 Å². The van der Waals surface area contributed by atoms with E-state index in [2.05, 4.69) is 41.4 Å². The first-order valence-corrected chi connectivity index (χ1v) is 7.67. The van der Waals surface area contributed by atoms with Gasteiger partial charge in [0.05, 0.1) is 0 Å². The van der Waals surface area contributed by atoms with Gasteiger partial charge in [-0.15, -0.1) is 5.10 Å². The van der Waals surface area contributed by atoms with Crippen LogP contribution in [0.25, 0.3) is 0 Å². The molecule has 1 atom stereocenters. The molecule has 1 aliphatic carbocycles. The van der Waals surface area contributed by atoms with Crippen molar-refractivity contribution in [2.24, 2.45) is 5.73 Å². The first kappa shape index (κ1) is 13.5. The van der Waals surface area contributed by atoms with E-state index in [4.69, 9.17) is 5.73 Å². The lowest BCUT2D eigenvalue weighted by Gasteiger charge is -2.14. The van der Waals surface area contributed by atoms with Crippen LogP contribution in [-0.4, -0.2) is 21.3 Å². The average Bonchev–Trinajstić information content (AvgIpc) is 3.22. The van der Waals surface area contributed by atoms with Gasteiger partial charge in [0.1, 0.15) is 0 Å². The summed E-state index contributed by atoms with van der Waals surface area (Å²) in [6, 6.07) is 8.66. The van der Waals surface area contributed by atoms with Gasteiger partial charge >= 0.3 is 5.69 Å². The minimum absolute atomic E-state index is 0.114. The van der Waals surface area contributed by atoms with Crippen LogP contribution in [-0.2, 0) is 0 Å². The number of aromatic nitrogens is 3. The third kappa shape index (κ3) is 2.66. The second-order valence-corrected chi connectivity index (χ2v) is 6.34. The zero-order valence-electron chi connectivity index (χ0n) is 11.4. The number of aryl methyl sites for hydroxylation is 1. The Bertz CT molecular complexity index is 642. The maximum atomic E-state index is 11.8. The quantitative estimate of drug-likeness (QED) is 0.826. The van der Waals surface area contributed by atoms with Crippen LogP contribution in [0.1, 0.15) is 35.3 Å². The van der Waals surface area contributed by atoms with Crippen LogP contribution in [0.15, 0.2) is 34.2 Å². The van der Waals surface area contributed by atoms with Gasteiger partial charge in [-0.2, -0.15) is 0 Å². The number of rotatable bonds is 5. The van der Waals surface area contributed by atoms with E-state index in [1.807, 2.05) is 0 Å². The molecule has 0 bridgehead atoms. The van der Waals surface area contributed by atoms with Crippen LogP contribution < -0.4 is 11.4 Å². The molecule has 0 amide bonds. The number of hydrogen-bond acceptors (Lipinski definition) is 4. The van der Waals surface area contributed by atoms with Crippen LogP contribution in [0.3, 0.4) is 0 Å². The lowest BCUT2D eigenvalue weighted by molar-refractivity contribution is 0.641. The summed E-state index contributed by atoms with van der Waals surface area (Å²) in [7, 11) is 0. The topological polar surface area (TPSA) is 76.7 Å². The summed E-state index contributed by atoms with van der Waals surface area (Å²) in [6.45, 7) is 2.58. The molecule has 1 heterocycles. The number of benzene rings is 1. The Hall–Kier alpha value is -1.53. The Morgan fingerprint density at radius 2 is 2.15 bits per heavy atom. The second kappa shape index (κ2) is 5.46. The molecular weight excluding hydrogens is 272 g/mol. The number of nitrogens with zero attached hydrogens (tertiary/aromatic N) is 2. The highest BCUT2D eigenvalue weighted by atomic mass is 32.2. The standard InChI is InChI=1S/C14H18N4OS/c1-9-2-4-10(5-3-9)12(8-15)20-14-17-16-13(19)18(14)11-6-7-11/h2-5,11-12H,6-8,15H2,1H3,(H,16,19). The van der Waals surface area contributed by atoms with E-state index < -0.39 is 0 Å². The van der Waals surface area contributed by atoms with Crippen molar-refractivity contribution in [3.8, 4) is 0 Å². The van der Waals surface area contributed by atoms with Gasteiger partial charge in [0.15, 0.2) is 5.16 Å². The van der Waals surface area contributed by atoms with Gasteiger partial charge < -0.3 is 5.73 Å². The average molecular weight is 290 g/mol. The van der Waals surface area contributed by atoms with Crippen molar-refractivity contribution < 1.29 is 0 Å². The number of H-pyrrole nitrogens is 1. The summed E-state index contributed by atoms with van der Waals surface area (Å²) in [5, 5.41) is 7.54. The summed E-state index contributed by atoms with van der Waals surface area (Å²) in [6.07, 6.45) is 2.12. The molecule has 1 aromatic carbocycles. The first-order valence-electron chi connectivity index (χ1n) is 6.79. The Morgan fingerprint density at radius 1 is 1.45 bits per heavy atom. The van der Waals surface area contributed by atoms with Gasteiger partial charge in [0, 0.05) is 17.8 Å². The molecule has 0 aliphatic heterocycles. The van der Waals surface area contributed by atoms with Gasteiger partial charge in [-0.25, -0.2) is 9.89 Å². The largest absolute Gasteiger partial charge is 0.344 e. The smallest absolute Gasteiger partial charge is 0.329 e. The van der Waals surface area contributed by atoms with Crippen LogP contribution in [0.5, 0.6) is 0 Å². The fourth-order valence-corrected chi connectivity index (χ4v) is 3.28. The summed E-state index contributed by atoms with van der Waals surface area (Å²) in [4.78, 5) is 11.8. The molecule has 1 aromatic heterocycles. The molecule has 0 spiro atoms. The molecule has 2 aromatic rings.